The highest BCUT2D eigenvalue weighted by atomic mass is 35.5. The number of para-hydroxylation sites is 4. The molecule has 7 aromatic carbocycles. The molecule has 0 aliphatic rings. The summed E-state index contributed by atoms with van der Waals surface area (Å²) in [5, 5.41) is 37.2. The Labute approximate surface area is 451 Å². The maximum absolute atomic E-state index is 13.6. The van der Waals surface area contributed by atoms with E-state index in [0.29, 0.717) is 81.0 Å². The Hall–Kier alpha value is -10.4. The Morgan fingerprint density at radius 3 is 1.16 bits per heavy atom. The summed E-state index contributed by atoms with van der Waals surface area (Å²) in [6.45, 7) is 0. The molecule has 8 N–H and O–H groups in total. The quantitative estimate of drug-likeness (QED) is 0.0566. The number of aromatic nitrogens is 9. The van der Waals surface area contributed by atoms with Gasteiger partial charge >= 0.3 is 23.9 Å². The second-order valence-electron chi connectivity index (χ2n) is 17.7. The third-order valence-electron chi connectivity index (χ3n) is 12.2. The smallest absolute Gasteiger partial charge is 0.337 e. The largest absolute Gasteiger partial charge is 0.478 e. The molecule has 0 aliphatic carbocycles. The van der Waals surface area contributed by atoms with Gasteiger partial charge in [0.1, 0.15) is 57.0 Å². The highest BCUT2D eigenvalue weighted by Crippen LogP contribution is 2.23. The zero-order valence-electron chi connectivity index (χ0n) is 41.3. The number of aromatic carboxylic acids is 4. The number of nitrogens with one attached hydrogen (secondary N) is 4. The fraction of sp³-hybridized carbons (Fsp3) is 0.0678. The number of rotatable bonds is 12. The molecule has 0 radical (unpaired) electrons. The van der Waals surface area contributed by atoms with Gasteiger partial charge < -0.3 is 40.4 Å². The number of hydrogen-bond acceptors (Lipinski definition) is 9. The van der Waals surface area contributed by atoms with Crippen molar-refractivity contribution in [2.24, 2.45) is 0 Å². The molecule has 17 nitrogen and oxygen atoms in total. The minimum Gasteiger partial charge on any atom is -0.478 e. The number of nitrogens with zero attached hydrogens (tertiary/aromatic N) is 5. The molecule has 0 atom stereocenters. The van der Waals surface area contributed by atoms with Crippen LogP contribution in [0.5, 0.6) is 0 Å². The molecule has 0 spiro atoms. The van der Waals surface area contributed by atoms with Crippen molar-refractivity contribution in [2.45, 2.75) is 25.7 Å². The van der Waals surface area contributed by atoms with Gasteiger partial charge in [0.25, 0.3) is 0 Å². The van der Waals surface area contributed by atoms with Gasteiger partial charge in [-0.15, -0.1) is 0 Å². The lowest BCUT2D eigenvalue weighted by molar-refractivity contribution is 0.0688. The average molecular weight is 1080 g/mol. The standard InChI is InChI=1S/C15H11ClN2O2.2C15H11FN2O2.C14H11N3O2/c16-10-6-4-9(5-7-10)8-13-17-12-3-1-2-11(15(19)20)14(12)18-13;16-10-4-1-3-9(7-10)8-13-17-12-6-2-5-11(15(19)20)14(12)18-13;16-11-6-2-1-4-9(11)8-13-17-12-7-3-5-10(15(19)20)14(12)18-13;18-14(19)10-2-1-3-11-13(10)17-12(16-11)8-9-4-6-15-7-5-9/h3*1-7H,8H2,(H,17,18)(H,19,20);1-7H,8H2,(H,16,17)(H,18,19). The van der Waals surface area contributed by atoms with E-state index in [4.69, 9.17) is 32.0 Å². The molecule has 0 amide bonds. The molecule has 0 bridgehead atoms. The first kappa shape index (κ1) is 53.4. The number of benzene rings is 7. The van der Waals surface area contributed by atoms with Crippen LogP contribution in [0, 0.1) is 11.6 Å². The number of aromatic amines is 4. The second-order valence-corrected chi connectivity index (χ2v) is 18.1. The van der Waals surface area contributed by atoms with E-state index in [-0.39, 0.29) is 33.9 Å². The normalized spacial score (nSPS) is 10.8. The number of H-pyrrole nitrogens is 4. The fourth-order valence-corrected chi connectivity index (χ4v) is 8.64. The average Bonchev–Trinajstić information content (AvgIpc) is 4.26. The van der Waals surface area contributed by atoms with E-state index in [1.165, 1.54) is 30.3 Å². The molecule has 0 fully saturated rings. The summed E-state index contributed by atoms with van der Waals surface area (Å²) in [4.78, 5) is 78.2. The zero-order valence-corrected chi connectivity index (χ0v) is 42.0. The lowest BCUT2D eigenvalue weighted by Crippen LogP contribution is -1.97. The first-order chi connectivity index (χ1) is 38.1. The monoisotopic (exact) mass is 1080 g/mol. The highest BCUT2D eigenvalue weighted by Gasteiger charge is 2.17. The third-order valence-corrected chi connectivity index (χ3v) is 12.4. The summed E-state index contributed by atoms with van der Waals surface area (Å²) in [7, 11) is 0. The molecule has 12 aromatic rings. The van der Waals surface area contributed by atoms with Crippen LogP contribution in [0.2, 0.25) is 5.02 Å². The van der Waals surface area contributed by atoms with Crippen molar-refractivity contribution in [1.29, 1.82) is 0 Å². The Bertz CT molecular complexity index is 4180. The third kappa shape index (κ3) is 13.2. The molecule has 12 rings (SSSR count). The van der Waals surface area contributed by atoms with Crippen molar-refractivity contribution in [3.8, 4) is 0 Å². The van der Waals surface area contributed by atoms with Crippen LogP contribution in [0.15, 0.2) is 170 Å². The molecule has 5 heterocycles. The van der Waals surface area contributed by atoms with Gasteiger partial charge in [-0.2, -0.15) is 0 Å². The summed E-state index contributed by atoms with van der Waals surface area (Å²) in [5.74, 6) is -1.95. The Morgan fingerprint density at radius 1 is 0.405 bits per heavy atom. The number of carbonyl (C=O) groups is 4. The van der Waals surface area contributed by atoms with Crippen molar-refractivity contribution in [2.75, 3.05) is 0 Å². The maximum atomic E-state index is 13.6. The number of pyridine rings is 1. The Morgan fingerprint density at radius 2 is 0.772 bits per heavy atom. The van der Waals surface area contributed by atoms with Gasteiger partial charge in [-0.05, 0) is 113 Å². The first-order valence-corrected chi connectivity index (χ1v) is 24.5. The second kappa shape index (κ2) is 24.1. The maximum Gasteiger partial charge on any atom is 0.337 e. The van der Waals surface area contributed by atoms with Crippen LogP contribution >= 0.6 is 11.6 Å². The van der Waals surface area contributed by atoms with E-state index < -0.39 is 23.9 Å². The summed E-state index contributed by atoms with van der Waals surface area (Å²) >= 11 is 5.85. The zero-order chi connectivity index (χ0) is 55.6. The summed E-state index contributed by atoms with van der Waals surface area (Å²) in [5.41, 5.74) is 8.73. The van der Waals surface area contributed by atoms with Gasteiger partial charge in [0.2, 0.25) is 0 Å². The number of fused-ring (bicyclic) bond motifs is 4. The van der Waals surface area contributed by atoms with E-state index in [1.54, 1.807) is 91.3 Å². The van der Waals surface area contributed by atoms with E-state index in [2.05, 4.69) is 44.9 Å². The Kier molecular flexibility index (Phi) is 16.3. The van der Waals surface area contributed by atoms with Crippen LogP contribution in [-0.4, -0.2) is 89.2 Å². The highest BCUT2D eigenvalue weighted by molar-refractivity contribution is 6.30. The Balaban J connectivity index is 0.000000128. The molecule has 394 valence electrons. The predicted octanol–water partition coefficient (Wildman–Crippen LogP) is 11.7. The first-order valence-electron chi connectivity index (χ1n) is 24.1. The molecular weight excluding hydrogens is 1040 g/mol. The minimum absolute atomic E-state index is 0.138. The van der Waals surface area contributed by atoms with Gasteiger partial charge in [-0.3, -0.25) is 4.98 Å². The molecule has 20 heteroatoms. The van der Waals surface area contributed by atoms with Crippen LogP contribution in [-0.2, 0) is 25.7 Å². The molecule has 0 saturated carbocycles. The van der Waals surface area contributed by atoms with Crippen molar-refractivity contribution < 1.29 is 48.4 Å². The lowest BCUT2D eigenvalue weighted by Gasteiger charge is -1.99. The lowest BCUT2D eigenvalue weighted by atomic mass is 10.1. The van der Waals surface area contributed by atoms with Gasteiger partial charge in [0, 0.05) is 43.1 Å². The van der Waals surface area contributed by atoms with Crippen LogP contribution in [0.3, 0.4) is 0 Å². The molecule has 0 unspecified atom stereocenters. The van der Waals surface area contributed by atoms with Crippen molar-refractivity contribution in [3.63, 3.8) is 0 Å². The number of imidazole rings is 4. The number of hydrogen-bond donors (Lipinski definition) is 8. The van der Waals surface area contributed by atoms with Crippen molar-refractivity contribution in [1.82, 2.24) is 44.9 Å². The van der Waals surface area contributed by atoms with E-state index in [9.17, 15) is 28.0 Å². The molecule has 79 heavy (non-hydrogen) atoms. The van der Waals surface area contributed by atoms with Crippen LogP contribution < -0.4 is 0 Å². The molecular formula is C59H44ClF2N9O8. The van der Waals surface area contributed by atoms with Gasteiger partial charge in [0.05, 0.1) is 44.3 Å². The number of carboxylic acid groups (broad SMARTS) is 4. The van der Waals surface area contributed by atoms with Gasteiger partial charge in [0.15, 0.2) is 0 Å². The summed E-state index contributed by atoms with van der Waals surface area (Å²) < 4.78 is 26.7. The summed E-state index contributed by atoms with van der Waals surface area (Å²) in [6.07, 6.45) is 5.38. The van der Waals surface area contributed by atoms with Crippen molar-refractivity contribution >= 4 is 79.6 Å². The van der Waals surface area contributed by atoms with Crippen LogP contribution in [0.1, 0.15) is 87.0 Å². The topological polar surface area (TPSA) is 277 Å². The van der Waals surface area contributed by atoms with E-state index >= 15 is 0 Å². The van der Waals surface area contributed by atoms with Crippen molar-refractivity contribution in [3.05, 3.63) is 255 Å². The van der Waals surface area contributed by atoms with Gasteiger partial charge in [-0.1, -0.05) is 78.3 Å². The summed E-state index contributed by atoms with van der Waals surface area (Å²) in [6, 6.07) is 44.0. The molecule has 5 aromatic heterocycles. The molecule has 0 saturated heterocycles. The van der Waals surface area contributed by atoms with Crippen LogP contribution in [0.4, 0.5) is 8.78 Å². The minimum atomic E-state index is -1.03. The number of carboxylic acids is 4. The van der Waals surface area contributed by atoms with Crippen LogP contribution in [0.25, 0.3) is 44.1 Å². The SMILES string of the molecule is O=C(O)c1cccc2[nH]c(Cc3ccc(Cl)cc3)nc12.O=C(O)c1cccc2[nH]c(Cc3cccc(F)c3)nc12.O=C(O)c1cccc2[nH]c(Cc3ccccc3F)nc12.O=C(O)c1cccc2[nH]c(Cc3ccncc3)nc12. The molecule has 0 aliphatic heterocycles. The van der Waals surface area contributed by atoms with Gasteiger partial charge in [-0.25, -0.2) is 47.9 Å². The fourth-order valence-electron chi connectivity index (χ4n) is 8.51. The number of halogens is 3. The van der Waals surface area contributed by atoms with E-state index in [1.807, 2.05) is 48.5 Å². The predicted molar refractivity (Wildman–Crippen MR) is 292 cm³/mol. The van der Waals surface area contributed by atoms with E-state index in [0.717, 1.165) is 39.4 Å².